The number of rotatable bonds is 4. The van der Waals surface area contributed by atoms with Crippen molar-refractivity contribution in [3.63, 3.8) is 0 Å². The molecule has 1 aromatic carbocycles. The lowest BCUT2D eigenvalue weighted by Crippen LogP contribution is -2.32. The minimum atomic E-state index is 0.0532. The van der Waals surface area contributed by atoms with E-state index in [9.17, 15) is 4.79 Å². The van der Waals surface area contributed by atoms with E-state index < -0.39 is 0 Å². The lowest BCUT2D eigenvalue weighted by atomic mass is 10.1. The normalized spacial score (nSPS) is 13.1. The van der Waals surface area contributed by atoms with Gasteiger partial charge >= 0.3 is 0 Å². The van der Waals surface area contributed by atoms with Crippen LogP contribution in [0.1, 0.15) is 29.8 Å². The third-order valence-corrected chi connectivity index (χ3v) is 4.21. The molecule has 0 fully saturated rings. The molecule has 22 heavy (non-hydrogen) atoms. The van der Waals surface area contributed by atoms with Gasteiger partial charge in [-0.05, 0) is 44.0 Å². The standard InChI is InChI=1S/C18H21N3O/c1-3-20(4-2)18(22)15-9-7-12-19-17(15)21-13-11-14-8-5-6-10-16(14)21/h5-10,12H,3-4,11,13H2,1-2H3. The van der Waals surface area contributed by atoms with E-state index >= 15 is 0 Å². The number of hydrogen-bond donors (Lipinski definition) is 0. The monoisotopic (exact) mass is 295 g/mol. The Morgan fingerprint density at radius 2 is 1.95 bits per heavy atom. The summed E-state index contributed by atoms with van der Waals surface area (Å²) in [5, 5.41) is 0. The van der Waals surface area contributed by atoms with Gasteiger partial charge in [-0.25, -0.2) is 4.98 Å². The van der Waals surface area contributed by atoms with Crippen LogP contribution in [0.3, 0.4) is 0 Å². The highest BCUT2D eigenvalue weighted by Gasteiger charge is 2.26. The van der Waals surface area contributed by atoms with Gasteiger partial charge in [0.15, 0.2) is 0 Å². The molecule has 1 aromatic heterocycles. The molecule has 0 unspecified atom stereocenters. The maximum absolute atomic E-state index is 12.8. The Morgan fingerprint density at radius 1 is 1.18 bits per heavy atom. The van der Waals surface area contributed by atoms with Crippen molar-refractivity contribution < 1.29 is 4.79 Å². The fourth-order valence-electron chi connectivity index (χ4n) is 3.02. The second-order valence-electron chi connectivity index (χ2n) is 5.38. The van der Waals surface area contributed by atoms with Crippen molar-refractivity contribution in [1.82, 2.24) is 9.88 Å². The molecule has 2 aromatic rings. The number of pyridine rings is 1. The zero-order chi connectivity index (χ0) is 15.5. The van der Waals surface area contributed by atoms with Crippen LogP contribution < -0.4 is 4.90 Å². The summed E-state index contributed by atoms with van der Waals surface area (Å²) in [4.78, 5) is 21.3. The second-order valence-corrected chi connectivity index (χ2v) is 5.38. The van der Waals surface area contributed by atoms with Gasteiger partial charge in [0.1, 0.15) is 5.82 Å². The summed E-state index contributed by atoms with van der Waals surface area (Å²) in [6, 6.07) is 12.0. The quantitative estimate of drug-likeness (QED) is 0.868. The minimum absolute atomic E-state index is 0.0532. The van der Waals surface area contributed by atoms with Crippen LogP contribution in [0.2, 0.25) is 0 Å². The Labute approximate surface area is 131 Å². The molecular formula is C18H21N3O. The molecule has 1 aliphatic heterocycles. The molecule has 114 valence electrons. The highest BCUT2D eigenvalue weighted by molar-refractivity contribution is 6.00. The van der Waals surface area contributed by atoms with Gasteiger partial charge in [0.2, 0.25) is 0 Å². The molecular weight excluding hydrogens is 274 g/mol. The zero-order valence-electron chi connectivity index (χ0n) is 13.1. The average Bonchev–Trinajstić information content (AvgIpc) is 3.00. The first-order chi connectivity index (χ1) is 10.8. The van der Waals surface area contributed by atoms with Crippen LogP contribution >= 0.6 is 0 Å². The van der Waals surface area contributed by atoms with Gasteiger partial charge < -0.3 is 9.80 Å². The minimum Gasteiger partial charge on any atom is -0.339 e. The fourth-order valence-corrected chi connectivity index (χ4v) is 3.02. The zero-order valence-corrected chi connectivity index (χ0v) is 13.1. The topological polar surface area (TPSA) is 36.4 Å². The van der Waals surface area contributed by atoms with Gasteiger partial charge in [0.05, 0.1) is 5.56 Å². The molecule has 0 atom stereocenters. The van der Waals surface area contributed by atoms with Gasteiger partial charge in [-0.15, -0.1) is 0 Å². The molecule has 0 N–H and O–H groups in total. The van der Waals surface area contributed by atoms with E-state index in [0.29, 0.717) is 18.7 Å². The third kappa shape index (κ3) is 2.45. The Morgan fingerprint density at radius 3 is 2.73 bits per heavy atom. The van der Waals surface area contributed by atoms with E-state index in [-0.39, 0.29) is 5.91 Å². The lowest BCUT2D eigenvalue weighted by molar-refractivity contribution is 0.0773. The van der Waals surface area contributed by atoms with E-state index in [0.717, 1.165) is 24.5 Å². The molecule has 4 nitrogen and oxygen atoms in total. The molecule has 0 spiro atoms. The molecule has 0 radical (unpaired) electrons. The summed E-state index contributed by atoms with van der Waals surface area (Å²) in [7, 11) is 0. The van der Waals surface area contributed by atoms with Crippen LogP contribution in [-0.4, -0.2) is 35.4 Å². The van der Waals surface area contributed by atoms with Crippen LogP contribution in [0, 0.1) is 0 Å². The largest absolute Gasteiger partial charge is 0.339 e. The number of benzene rings is 1. The summed E-state index contributed by atoms with van der Waals surface area (Å²) < 4.78 is 0. The highest BCUT2D eigenvalue weighted by atomic mass is 16.2. The van der Waals surface area contributed by atoms with E-state index in [4.69, 9.17) is 0 Å². The van der Waals surface area contributed by atoms with Crippen molar-refractivity contribution in [2.24, 2.45) is 0 Å². The number of fused-ring (bicyclic) bond motifs is 1. The summed E-state index contributed by atoms with van der Waals surface area (Å²) in [5.74, 6) is 0.821. The summed E-state index contributed by atoms with van der Waals surface area (Å²) in [6.45, 7) is 6.29. The first kappa shape index (κ1) is 14.6. The number of nitrogens with zero attached hydrogens (tertiary/aromatic N) is 3. The molecule has 1 amide bonds. The van der Waals surface area contributed by atoms with Crippen molar-refractivity contribution >= 4 is 17.4 Å². The SMILES string of the molecule is CCN(CC)C(=O)c1cccnc1N1CCc2ccccc21. The van der Waals surface area contributed by atoms with E-state index in [2.05, 4.69) is 28.1 Å². The number of carbonyl (C=O) groups excluding carboxylic acids is 1. The molecule has 1 aliphatic rings. The number of anilines is 2. The Hall–Kier alpha value is -2.36. The first-order valence-electron chi connectivity index (χ1n) is 7.86. The molecule has 4 heteroatoms. The van der Waals surface area contributed by atoms with Crippen LogP contribution in [0.4, 0.5) is 11.5 Å². The Kier molecular flexibility index (Phi) is 4.09. The maximum Gasteiger partial charge on any atom is 0.257 e. The molecule has 0 saturated carbocycles. The number of aromatic nitrogens is 1. The van der Waals surface area contributed by atoms with Crippen molar-refractivity contribution in [2.75, 3.05) is 24.5 Å². The number of amides is 1. The molecule has 2 heterocycles. The lowest BCUT2D eigenvalue weighted by Gasteiger charge is -2.24. The second kappa shape index (κ2) is 6.18. The maximum atomic E-state index is 12.8. The molecule has 3 rings (SSSR count). The number of hydrogen-bond acceptors (Lipinski definition) is 3. The summed E-state index contributed by atoms with van der Waals surface area (Å²) in [6.07, 6.45) is 2.75. The van der Waals surface area contributed by atoms with E-state index in [1.165, 1.54) is 5.56 Å². The predicted octanol–water partition coefficient (Wildman–Crippen LogP) is 3.26. The smallest absolute Gasteiger partial charge is 0.257 e. The highest BCUT2D eigenvalue weighted by Crippen LogP contribution is 2.35. The first-order valence-corrected chi connectivity index (χ1v) is 7.86. The number of carbonyl (C=O) groups is 1. The molecule has 0 bridgehead atoms. The van der Waals surface area contributed by atoms with Crippen LogP contribution in [-0.2, 0) is 6.42 Å². The summed E-state index contributed by atoms with van der Waals surface area (Å²) in [5.41, 5.74) is 3.16. The van der Waals surface area contributed by atoms with Gasteiger partial charge in [0.25, 0.3) is 5.91 Å². The van der Waals surface area contributed by atoms with Crippen molar-refractivity contribution in [2.45, 2.75) is 20.3 Å². The molecule has 0 saturated heterocycles. The van der Waals surface area contributed by atoms with Gasteiger partial charge in [-0.3, -0.25) is 4.79 Å². The van der Waals surface area contributed by atoms with E-state index in [1.54, 1.807) is 6.20 Å². The Balaban J connectivity index is 2.01. The van der Waals surface area contributed by atoms with Crippen molar-refractivity contribution in [1.29, 1.82) is 0 Å². The van der Waals surface area contributed by atoms with E-state index in [1.807, 2.05) is 36.9 Å². The summed E-state index contributed by atoms with van der Waals surface area (Å²) >= 11 is 0. The van der Waals surface area contributed by atoms with Crippen molar-refractivity contribution in [3.05, 3.63) is 53.7 Å². The predicted molar refractivity (Wildman–Crippen MR) is 88.6 cm³/mol. The fraction of sp³-hybridized carbons (Fsp3) is 0.333. The van der Waals surface area contributed by atoms with Crippen molar-refractivity contribution in [3.8, 4) is 0 Å². The van der Waals surface area contributed by atoms with Crippen LogP contribution in [0.5, 0.6) is 0 Å². The van der Waals surface area contributed by atoms with Gasteiger partial charge in [0, 0.05) is 31.5 Å². The average molecular weight is 295 g/mol. The van der Waals surface area contributed by atoms with Gasteiger partial charge in [-0.2, -0.15) is 0 Å². The van der Waals surface area contributed by atoms with Crippen LogP contribution in [0.25, 0.3) is 0 Å². The third-order valence-electron chi connectivity index (χ3n) is 4.21. The van der Waals surface area contributed by atoms with Crippen LogP contribution in [0.15, 0.2) is 42.6 Å². The Bertz CT molecular complexity index is 680. The van der Waals surface area contributed by atoms with Gasteiger partial charge in [-0.1, -0.05) is 18.2 Å². The molecule has 0 aliphatic carbocycles. The number of para-hydroxylation sites is 1.